The molecular weight excluding hydrogens is 400 g/mol. The molecule has 7 nitrogen and oxygen atoms in total. The minimum absolute atomic E-state index is 0.101. The zero-order valence-electron chi connectivity index (χ0n) is 17.5. The van der Waals surface area contributed by atoms with E-state index in [4.69, 9.17) is 4.74 Å². The molecule has 8 heteroatoms. The van der Waals surface area contributed by atoms with Crippen LogP contribution in [-0.4, -0.2) is 40.6 Å². The first-order chi connectivity index (χ1) is 14.5. The number of sulfonamides is 1. The number of para-hydroxylation sites is 1. The number of hydrogen-bond acceptors (Lipinski definition) is 4. The summed E-state index contributed by atoms with van der Waals surface area (Å²) in [5.41, 5.74) is 2.09. The van der Waals surface area contributed by atoms with Crippen LogP contribution in [0.25, 0.3) is 0 Å². The Balaban J connectivity index is 1.56. The van der Waals surface area contributed by atoms with Gasteiger partial charge in [0.05, 0.1) is 18.6 Å². The van der Waals surface area contributed by atoms with E-state index in [2.05, 4.69) is 26.4 Å². The lowest BCUT2D eigenvalue weighted by Crippen LogP contribution is -2.38. The average Bonchev–Trinajstić information content (AvgIpc) is 3.56. The van der Waals surface area contributed by atoms with Gasteiger partial charge < -0.3 is 15.4 Å². The maximum absolute atomic E-state index is 12.3. The highest BCUT2D eigenvalue weighted by atomic mass is 32.2. The number of guanidine groups is 1. The Kier molecular flexibility index (Phi) is 7.70. The molecule has 0 atom stereocenters. The van der Waals surface area contributed by atoms with Crippen molar-refractivity contribution in [3.8, 4) is 5.75 Å². The predicted octanol–water partition coefficient (Wildman–Crippen LogP) is 2.43. The van der Waals surface area contributed by atoms with Crippen LogP contribution in [0.4, 0.5) is 0 Å². The van der Waals surface area contributed by atoms with E-state index in [0.29, 0.717) is 11.4 Å². The van der Waals surface area contributed by atoms with Gasteiger partial charge in [0.2, 0.25) is 10.0 Å². The first-order valence-corrected chi connectivity index (χ1v) is 11.8. The summed E-state index contributed by atoms with van der Waals surface area (Å²) in [6, 6.07) is 15.0. The molecule has 162 valence electrons. The van der Waals surface area contributed by atoms with Crippen molar-refractivity contribution in [1.82, 2.24) is 15.4 Å². The maximum Gasteiger partial charge on any atom is 0.240 e. The van der Waals surface area contributed by atoms with Crippen LogP contribution < -0.4 is 20.1 Å². The van der Waals surface area contributed by atoms with Crippen molar-refractivity contribution in [2.24, 2.45) is 4.99 Å². The Bertz CT molecular complexity index is 955. The van der Waals surface area contributed by atoms with Crippen molar-refractivity contribution in [3.63, 3.8) is 0 Å². The fraction of sp³-hybridized carbons (Fsp3) is 0.409. The number of aliphatic imine (C=N–C) groups is 1. The van der Waals surface area contributed by atoms with Gasteiger partial charge in [-0.25, -0.2) is 18.1 Å². The number of nitrogens with one attached hydrogen (secondary N) is 3. The summed E-state index contributed by atoms with van der Waals surface area (Å²) in [4.78, 5) is 4.90. The number of rotatable bonds is 10. The normalized spacial score (nSPS) is 14.4. The molecular formula is C22H30N4O3S. The van der Waals surface area contributed by atoms with Crippen molar-refractivity contribution in [2.75, 3.05) is 20.2 Å². The highest BCUT2D eigenvalue weighted by Crippen LogP contribution is 2.22. The van der Waals surface area contributed by atoms with E-state index < -0.39 is 10.0 Å². The van der Waals surface area contributed by atoms with E-state index >= 15 is 0 Å². The highest BCUT2D eigenvalue weighted by molar-refractivity contribution is 7.89. The lowest BCUT2D eigenvalue weighted by Gasteiger charge is -2.13. The molecule has 0 radical (unpaired) electrons. The second-order valence-corrected chi connectivity index (χ2v) is 8.94. The Labute approximate surface area is 179 Å². The van der Waals surface area contributed by atoms with E-state index in [1.807, 2.05) is 37.3 Å². The molecule has 1 saturated carbocycles. The molecule has 0 unspecified atom stereocenters. The predicted molar refractivity (Wildman–Crippen MR) is 119 cm³/mol. The second kappa shape index (κ2) is 10.4. The van der Waals surface area contributed by atoms with Crippen molar-refractivity contribution < 1.29 is 13.2 Å². The third-order valence-corrected chi connectivity index (χ3v) is 6.31. The Morgan fingerprint density at radius 2 is 1.83 bits per heavy atom. The van der Waals surface area contributed by atoms with Crippen LogP contribution in [0.15, 0.2) is 58.4 Å². The van der Waals surface area contributed by atoms with Crippen molar-refractivity contribution >= 4 is 16.0 Å². The van der Waals surface area contributed by atoms with Crippen molar-refractivity contribution in [3.05, 3.63) is 59.7 Å². The quantitative estimate of drug-likeness (QED) is 0.398. The van der Waals surface area contributed by atoms with Gasteiger partial charge in [-0.15, -0.1) is 0 Å². The van der Waals surface area contributed by atoms with E-state index in [1.165, 1.54) is 0 Å². The van der Waals surface area contributed by atoms with Gasteiger partial charge in [-0.05, 0) is 55.5 Å². The van der Waals surface area contributed by atoms with Crippen LogP contribution in [0.3, 0.4) is 0 Å². The molecule has 0 saturated heterocycles. The summed E-state index contributed by atoms with van der Waals surface area (Å²) in [6.45, 7) is 3.95. The van der Waals surface area contributed by atoms with E-state index in [0.717, 1.165) is 55.2 Å². The van der Waals surface area contributed by atoms with E-state index in [9.17, 15) is 8.42 Å². The SMILES string of the molecule is CCNC(=NCc1ccc(S(=O)(=O)NC2CC2)cc1)NCCc1ccccc1OC. The molecule has 0 aliphatic heterocycles. The molecule has 0 bridgehead atoms. The van der Waals surface area contributed by atoms with Crippen LogP contribution in [0.2, 0.25) is 0 Å². The first kappa shape index (κ1) is 22.1. The summed E-state index contributed by atoms with van der Waals surface area (Å²) in [7, 11) is -1.74. The van der Waals surface area contributed by atoms with Gasteiger partial charge >= 0.3 is 0 Å². The van der Waals surface area contributed by atoms with Crippen LogP contribution in [0.5, 0.6) is 5.75 Å². The molecule has 1 fully saturated rings. The second-order valence-electron chi connectivity index (χ2n) is 7.22. The zero-order valence-corrected chi connectivity index (χ0v) is 18.3. The molecule has 3 N–H and O–H groups in total. The zero-order chi connectivity index (χ0) is 21.4. The molecule has 1 aliphatic carbocycles. The molecule has 1 aliphatic rings. The Morgan fingerprint density at radius 1 is 1.10 bits per heavy atom. The van der Waals surface area contributed by atoms with E-state index in [-0.39, 0.29) is 6.04 Å². The van der Waals surface area contributed by atoms with Gasteiger partial charge in [0.25, 0.3) is 0 Å². The van der Waals surface area contributed by atoms with Gasteiger partial charge in [0.15, 0.2) is 5.96 Å². The smallest absolute Gasteiger partial charge is 0.240 e. The summed E-state index contributed by atoms with van der Waals surface area (Å²) in [5, 5.41) is 6.57. The third kappa shape index (κ3) is 6.47. The third-order valence-electron chi connectivity index (χ3n) is 4.78. The minimum Gasteiger partial charge on any atom is -0.496 e. The topological polar surface area (TPSA) is 91.8 Å². The van der Waals surface area contributed by atoms with Crippen molar-refractivity contribution in [2.45, 2.75) is 43.7 Å². The molecule has 3 rings (SSSR count). The maximum atomic E-state index is 12.3. The number of nitrogens with zero attached hydrogens (tertiary/aromatic N) is 1. The van der Waals surface area contributed by atoms with Gasteiger partial charge in [-0.1, -0.05) is 30.3 Å². The van der Waals surface area contributed by atoms with Gasteiger partial charge in [-0.3, -0.25) is 0 Å². The van der Waals surface area contributed by atoms with E-state index in [1.54, 1.807) is 19.2 Å². The minimum atomic E-state index is -3.42. The van der Waals surface area contributed by atoms with Gasteiger partial charge in [0.1, 0.15) is 5.75 Å². The van der Waals surface area contributed by atoms with Crippen LogP contribution >= 0.6 is 0 Å². The number of methoxy groups -OCH3 is 1. The van der Waals surface area contributed by atoms with Crippen LogP contribution in [-0.2, 0) is 23.0 Å². The summed E-state index contributed by atoms with van der Waals surface area (Å²) in [6.07, 6.45) is 2.65. The number of benzene rings is 2. The fourth-order valence-corrected chi connectivity index (χ4v) is 4.30. The Hall–Kier alpha value is -2.58. The molecule has 0 amide bonds. The molecule has 0 aromatic heterocycles. The average molecular weight is 431 g/mol. The molecule has 2 aromatic rings. The lowest BCUT2D eigenvalue weighted by molar-refractivity contribution is 0.409. The lowest BCUT2D eigenvalue weighted by atomic mass is 10.1. The summed E-state index contributed by atoms with van der Waals surface area (Å²) in [5.74, 6) is 1.60. The highest BCUT2D eigenvalue weighted by Gasteiger charge is 2.27. The standard InChI is InChI=1S/C22H30N4O3S/c1-3-23-22(24-15-14-18-6-4-5-7-21(18)29-2)25-16-17-8-12-20(13-9-17)30(27,28)26-19-10-11-19/h4-9,12-13,19,26H,3,10-11,14-16H2,1-2H3,(H2,23,24,25). The summed E-state index contributed by atoms with van der Waals surface area (Å²) < 4.78 is 32.6. The monoisotopic (exact) mass is 430 g/mol. The summed E-state index contributed by atoms with van der Waals surface area (Å²) >= 11 is 0. The van der Waals surface area contributed by atoms with Gasteiger partial charge in [0, 0.05) is 19.1 Å². The number of hydrogen-bond donors (Lipinski definition) is 3. The molecule has 30 heavy (non-hydrogen) atoms. The van der Waals surface area contributed by atoms with Gasteiger partial charge in [-0.2, -0.15) is 0 Å². The van der Waals surface area contributed by atoms with Crippen LogP contribution in [0, 0.1) is 0 Å². The van der Waals surface area contributed by atoms with Crippen molar-refractivity contribution in [1.29, 1.82) is 0 Å². The first-order valence-electron chi connectivity index (χ1n) is 10.3. The molecule has 0 heterocycles. The van der Waals surface area contributed by atoms with Crippen LogP contribution in [0.1, 0.15) is 30.9 Å². The fourth-order valence-electron chi connectivity index (χ4n) is 3.00. The molecule has 2 aromatic carbocycles. The largest absolute Gasteiger partial charge is 0.496 e. The molecule has 0 spiro atoms. The Morgan fingerprint density at radius 3 is 2.50 bits per heavy atom. The number of ether oxygens (including phenoxy) is 1.